The molecule has 1 unspecified atom stereocenters. The molecule has 1 aromatic carbocycles. The Morgan fingerprint density at radius 1 is 1.32 bits per heavy atom. The van der Waals surface area contributed by atoms with Gasteiger partial charge in [0.1, 0.15) is 0 Å². The van der Waals surface area contributed by atoms with Crippen LogP contribution in [-0.2, 0) is 27.6 Å². The first-order valence-electron chi connectivity index (χ1n) is 7.85. The smallest absolute Gasteiger partial charge is 0.242 e. The summed E-state index contributed by atoms with van der Waals surface area (Å²) < 4.78 is 32.6. The number of nitrogens with zero attached hydrogens (tertiary/aromatic N) is 2. The van der Waals surface area contributed by atoms with Crippen molar-refractivity contribution < 1.29 is 13.2 Å². The zero-order valence-electron chi connectivity index (χ0n) is 13.3. The fourth-order valence-corrected chi connectivity index (χ4v) is 4.50. The van der Waals surface area contributed by atoms with E-state index >= 15 is 0 Å². The highest BCUT2D eigenvalue weighted by atomic mass is 32.2. The van der Waals surface area contributed by atoms with Crippen molar-refractivity contribution in [2.45, 2.75) is 30.3 Å². The minimum atomic E-state index is -3.44. The number of morpholine rings is 1. The van der Waals surface area contributed by atoms with Gasteiger partial charge in [-0.1, -0.05) is 6.07 Å². The van der Waals surface area contributed by atoms with Gasteiger partial charge in [0.25, 0.3) is 0 Å². The Hall–Kier alpha value is -0.950. The topological polar surface area (TPSA) is 49.9 Å². The lowest BCUT2D eigenvalue weighted by atomic mass is 10.1. The predicted molar refractivity (Wildman–Crippen MR) is 85.5 cm³/mol. The van der Waals surface area contributed by atoms with Gasteiger partial charge < -0.3 is 9.64 Å². The molecule has 0 aromatic heterocycles. The first-order valence-corrected chi connectivity index (χ1v) is 9.29. The number of hydrogen-bond acceptors (Lipinski definition) is 4. The van der Waals surface area contributed by atoms with Gasteiger partial charge in [-0.25, -0.2) is 8.42 Å². The number of hydrogen-bond donors (Lipinski definition) is 0. The Labute approximate surface area is 132 Å². The number of aryl methyl sites for hydroxylation is 2. The van der Waals surface area contributed by atoms with E-state index in [9.17, 15) is 8.42 Å². The Morgan fingerprint density at radius 2 is 2.09 bits per heavy atom. The lowest BCUT2D eigenvalue weighted by molar-refractivity contribution is -0.0247. The highest BCUT2D eigenvalue weighted by Gasteiger charge is 2.27. The van der Waals surface area contributed by atoms with Gasteiger partial charge in [-0.05, 0) is 49.6 Å². The molecule has 0 radical (unpaired) electrons. The van der Waals surface area contributed by atoms with Crippen LogP contribution in [0.2, 0.25) is 0 Å². The average molecular weight is 324 g/mol. The average Bonchev–Trinajstić information content (AvgIpc) is 2.94. The van der Waals surface area contributed by atoms with Gasteiger partial charge in [-0.2, -0.15) is 4.31 Å². The van der Waals surface area contributed by atoms with E-state index in [0.29, 0.717) is 18.0 Å². The van der Waals surface area contributed by atoms with Crippen LogP contribution in [0.4, 0.5) is 0 Å². The van der Waals surface area contributed by atoms with E-state index in [1.54, 1.807) is 13.1 Å². The third-order valence-electron chi connectivity index (χ3n) is 4.58. The molecule has 22 heavy (non-hydrogen) atoms. The second-order valence-corrected chi connectivity index (χ2v) is 8.37. The van der Waals surface area contributed by atoms with Crippen LogP contribution in [0, 0.1) is 0 Å². The molecule has 0 saturated carbocycles. The summed E-state index contributed by atoms with van der Waals surface area (Å²) in [4.78, 5) is 2.57. The quantitative estimate of drug-likeness (QED) is 0.833. The number of sulfonamides is 1. The summed E-state index contributed by atoms with van der Waals surface area (Å²) in [6.45, 7) is 2.72. The van der Waals surface area contributed by atoms with Crippen molar-refractivity contribution in [3.8, 4) is 0 Å². The third kappa shape index (κ3) is 3.20. The molecule has 0 amide bonds. The van der Waals surface area contributed by atoms with Crippen LogP contribution < -0.4 is 0 Å². The maximum Gasteiger partial charge on any atom is 0.242 e. The maximum atomic E-state index is 12.7. The van der Waals surface area contributed by atoms with Crippen LogP contribution in [-0.4, -0.2) is 64.1 Å². The third-order valence-corrected chi connectivity index (χ3v) is 6.40. The highest BCUT2D eigenvalue weighted by molar-refractivity contribution is 7.89. The standard InChI is InChI=1S/C16H24N2O3S/c1-17-8-9-21-15(11-17)12-18(2)22(19,20)16-7-6-13-4-3-5-14(13)10-16/h6-7,10,15H,3-5,8-9,11-12H2,1-2H3. The second kappa shape index (κ2) is 6.28. The second-order valence-electron chi connectivity index (χ2n) is 6.32. The van der Waals surface area contributed by atoms with Crippen molar-refractivity contribution in [2.75, 3.05) is 40.3 Å². The SMILES string of the molecule is CN1CCOC(CN(C)S(=O)(=O)c2ccc3c(c2)CCC3)C1. The molecule has 3 rings (SSSR count). The molecule has 0 spiro atoms. The molecule has 0 N–H and O–H groups in total. The summed E-state index contributed by atoms with van der Waals surface area (Å²) in [5.74, 6) is 0. The van der Waals surface area contributed by atoms with E-state index in [-0.39, 0.29) is 6.10 Å². The molecule has 6 heteroatoms. The summed E-state index contributed by atoms with van der Waals surface area (Å²) in [6, 6.07) is 5.56. The van der Waals surface area contributed by atoms with Gasteiger partial charge in [0.05, 0.1) is 17.6 Å². The van der Waals surface area contributed by atoms with Crippen LogP contribution in [0.15, 0.2) is 23.1 Å². The van der Waals surface area contributed by atoms with E-state index in [1.807, 2.05) is 19.2 Å². The summed E-state index contributed by atoms with van der Waals surface area (Å²) >= 11 is 0. The van der Waals surface area contributed by atoms with Crippen molar-refractivity contribution in [3.63, 3.8) is 0 Å². The van der Waals surface area contributed by atoms with E-state index in [0.717, 1.165) is 32.4 Å². The Morgan fingerprint density at radius 3 is 2.86 bits per heavy atom. The molecule has 0 bridgehead atoms. The van der Waals surface area contributed by atoms with E-state index in [2.05, 4.69) is 4.90 Å². The largest absolute Gasteiger partial charge is 0.374 e. The summed E-state index contributed by atoms with van der Waals surface area (Å²) in [5, 5.41) is 0. The molecule has 1 heterocycles. The van der Waals surface area contributed by atoms with Crippen molar-refractivity contribution >= 4 is 10.0 Å². The normalized spacial score (nSPS) is 23.0. The van der Waals surface area contributed by atoms with Crippen LogP contribution in [0.5, 0.6) is 0 Å². The van der Waals surface area contributed by atoms with Gasteiger partial charge in [0.15, 0.2) is 0 Å². The number of likely N-dealkylation sites (N-methyl/N-ethyl adjacent to an activating group) is 2. The molecular formula is C16H24N2O3S. The van der Waals surface area contributed by atoms with Crippen molar-refractivity contribution in [3.05, 3.63) is 29.3 Å². The first kappa shape index (κ1) is 15.9. The van der Waals surface area contributed by atoms with E-state index < -0.39 is 10.0 Å². The van der Waals surface area contributed by atoms with Crippen LogP contribution in [0.1, 0.15) is 17.5 Å². The van der Waals surface area contributed by atoms with Crippen molar-refractivity contribution in [1.29, 1.82) is 0 Å². The molecule has 2 aliphatic rings. The lowest BCUT2D eigenvalue weighted by Gasteiger charge is -2.32. The zero-order chi connectivity index (χ0) is 15.7. The van der Waals surface area contributed by atoms with E-state index in [1.165, 1.54) is 15.4 Å². The Balaban J connectivity index is 1.74. The predicted octanol–water partition coefficient (Wildman–Crippen LogP) is 1.13. The molecule has 1 fully saturated rings. The van der Waals surface area contributed by atoms with Crippen molar-refractivity contribution in [1.82, 2.24) is 9.21 Å². The maximum absolute atomic E-state index is 12.7. The molecule has 1 aromatic rings. The lowest BCUT2D eigenvalue weighted by Crippen LogP contribution is -2.46. The number of rotatable bonds is 4. The summed E-state index contributed by atoms with van der Waals surface area (Å²) in [6.07, 6.45) is 3.11. The molecular weight excluding hydrogens is 300 g/mol. The Kier molecular flexibility index (Phi) is 4.54. The fourth-order valence-electron chi connectivity index (χ4n) is 3.25. The van der Waals surface area contributed by atoms with Crippen LogP contribution >= 0.6 is 0 Å². The van der Waals surface area contributed by atoms with Gasteiger partial charge in [-0.15, -0.1) is 0 Å². The highest BCUT2D eigenvalue weighted by Crippen LogP contribution is 2.26. The van der Waals surface area contributed by atoms with Gasteiger partial charge in [0.2, 0.25) is 10.0 Å². The molecule has 1 saturated heterocycles. The number of ether oxygens (including phenoxy) is 1. The molecule has 1 aliphatic carbocycles. The molecule has 1 atom stereocenters. The minimum Gasteiger partial charge on any atom is -0.374 e. The molecule has 122 valence electrons. The Bertz CT molecular complexity index is 645. The van der Waals surface area contributed by atoms with Gasteiger partial charge >= 0.3 is 0 Å². The number of fused-ring (bicyclic) bond motifs is 1. The van der Waals surface area contributed by atoms with Gasteiger partial charge in [-0.3, -0.25) is 0 Å². The summed E-state index contributed by atoms with van der Waals surface area (Å²) in [5.41, 5.74) is 2.47. The van der Waals surface area contributed by atoms with Crippen molar-refractivity contribution in [2.24, 2.45) is 0 Å². The summed E-state index contributed by atoms with van der Waals surface area (Å²) in [7, 11) is 0.229. The zero-order valence-corrected chi connectivity index (χ0v) is 14.1. The van der Waals surface area contributed by atoms with Gasteiger partial charge in [0, 0.05) is 26.7 Å². The molecule has 1 aliphatic heterocycles. The monoisotopic (exact) mass is 324 g/mol. The van der Waals surface area contributed by atoms with E-state index in [4.69, 9.17) is 4.74 Å². The number of benzene rings is 1. The molecule has 5 nitrogen and oxygen atoms in total. The minimum absolute atomic E-state index is 0.0621. The first-order chi connectivity index (χ1) is 10.5. The fraction of sp³-hybridized carbons (Fsp3) is 0.625. The van der Waals surface area contributed by atoms with Crippen LogP contribution in [0.25, 0.3) is 0 Å². The van der Waals surface area contributed by atoms with Crippen LogP contribution in [0.3, 0.4) is 0 Å².